The molecule has 1 fully saturated rings. The number of anilines is 1. The summed E-state index contributed by atoms with van der Waals surface area (Å²) in [7, 11) is 3.32. The minimum Gasteiger partial charge on any atom is -0.326 e. The zero-order valence-corrected chi connectivity index (χ0v) is 13.5. The van der Waals surface area contributed by atoms with Crippen molar-refractivity contribution < 1.29 is 9.59 Å². The molecular weight excluding hydrogens is 286 g/mol. The van der Waals surface area contributed by atoms with Gasteiger partial charge in [-0.05, 0) is 25.5 Å². The Labute approximate surface area is 128 Å². The van der Waals surface area contributed by atoms with Crippen molar-refractivity contribution in [3.8, 4) is 0 Å². The second-order valence-corrected chi connectivity index (χ2v) is 6.25. The number of hydrogen-bond acceptors (Lipinski definition) is 4. The van der Waals surface area contributed by atoms with Gasteiger partial charge in [0.25, 0.3) is 0 Å². The molecule has 5 nitrogen and oxygen atoms in total. The Morgan fingerprint density at radius 2 is 2.14 bits per heavy atom. The normalized spacial score (nSPS) is 20.2. The van der Waals surface area contributed by atoms with Crippen molar-refractivity contribution in [2.75, 3.05) is 19.4 Å². The van der Waals surface area contributed by atoms with Gasteiger partial charge in [0.2, 0.25) is 11.8 Å². The molecule has 1 aromatic rings. The maximum Gasteiger partial charge on any atom is 0.242 e. The highest BCUT2D eigenvalue weighted by Crippen LogP contribution is 2.28. The third kappa shape index (κ3) is 3.44. The van der Waals surface area contributed by atoms with Crippen LogP contribution in [-0.2, 0) is 9.59 Å². The molecule has 0 spiro atoms. The molecule has 0 aliphatic carbocycles. The zero-order chi connectivity index (χ0) is 15.6. The number of hydrogen-bond donors (Lipinski definition) is 1. The first-order valence-corrected chi connectivity index (χ1v) is 7.58. The molecule has 21 heavy (non-hydrogen) atoms. The van der Waals surface area contributed by atoms with E-state index in [4.69, 9.17) is 0 Å². The maximum atomic E-state index is 12.1. The molecular formula is C15H19N3O2S. The second kappa shape index (κ2) is 6.30. The second-order valence-electron chi connectivity index (χ2n) is 5.08. The highest BCUT2D eigenvalue weighted by Gasteiger charge is 2.36. The van der Waals surface area contributed by atoms with Gasteiger partial charge in [-0.15, -0.1) is 0 Å². The summed E-state index contributed by atoms with van der Waals surface area (Å²) < 4.78 is 0. The van der Waals surface area contributed by atoms with Crippen LogP contribution >= 0.6 is 11.8 Å². The summed E-state index contributed by atoms with van der Waals surface area (Å²) in [5, 5.41) is 3.14. The molecule has 2 amide bonds. The van der Waals surface area contributed by atoms with Crippen molar-refractivity contribution in [1.82, 2.24) is 4.90 Å². The van der Waals surface area contributed by atoms with Crippen LogP contribution in [0.15, 0.2) is 23.2 Å². The van der Waals surface area contributed by atoms with Crippen molar-refractivity contribution in [2.45, 2.75) is 25.5 Å². The topological polar surface area (TPSA) is 61.8 Å². The number of carbonyl (C=O) groups is 2. The molecule has 0 radical (unpaired) electrons. The van der Waals surface area contributed by atoms with Gasteiger partial charge in [0, 0.05) is 26.2 Å². The quantitative estimate of drug-likeness (QED) is 0.931. The lowest BCUT2D eigenvalue weighted by molar-refractivity contribution is -0.127. The van der Waals surface area contributed by atoms with Gasteiger partial charge < -0.3 is 5.32 Å². The van der Waals surface area contributed by atoms with E-state index in [9.17, 15) is 9.59 Å². The van der Waals surface area contributed by atoms with Crippen LogP contribution < -0.4 is 5.32 Å². The minimum atomic E-state index is -0.389. The summed E-state index contributed by atoms with van der Waals surface area (Å²) in [5.74, 6) is -0.227. The summed E-state index contributed by atoms with van der Waals surface area (Å²) >= 11 is 1.34. The first kappa shape index (κ1) is 15.6. The number of aryl methyl sites for hydroxylation is 2. The van der Waals surface area contributed by atoms with Crippen LogP contribution in [0, 0.1) is 13.8 Å². The lowest BCUT2D eigenvalue weighted by Crippen LogP contribution is -2.30. The van der Waals surface area contributed by atoms with Crippen molar-refractivity contribution >= 4 is 34.4 Å². The number of nitrogens with one attached hydrogen (secondary N) is 1. The maximum absolute atomic E-state index is 12.1. The van der Waals surface area contributed by atoms with Gasteiger partial charge in [-0.2, -0.15) is 0 Å². The van der Waals surface area contributed by atoms with Gasteiger partial charge in [-0.1, -0.05) is 29.5 Å². The van der Waals surface area contributed by atoms with E-state index in [1.807, 2.05) is 32.0 Å². The lowest BCUT2D eigenvalue weighted by Gasteiger charge is -2.11. The molecule has 0 aromatic heterocycles. The first-order chi connectivity index (χ1) is 9.92. The van der Waals surface area contributed by atoms with Gasteiger partial charge in [-0.25, -0.2) is 0 Å². The van der Waals surface area contributed by atoms with Crippen LogP contribution in [0.5, 0.6) is 0 Å². The number of aliphatic imine (C=N–C) groups is 1. The number of amidine groups is 1. The number of benzene rings is 1. The Kier molecular flexibility index (Phi) is 4.67. The molecule has 6 heteroatoms. The molecule has 1 aromatic carbocycles. The fourth-order valence-electron chi connectivity index (χ4n) is 2.22. The van der Waals surface area contributed by atoms with Crippen LogP contribution in [0.3, 0.4) is 0 Å². The Balaban J connectivity index is 2.01. The monoisotopic (exact) mass is 305 g/mol. The number of rotatable bonds is 3. The van der Waals surface area contributed by atoms with E-state index in [0.717, 1.165) is 16.8 Å². The molecule has 1 saturated heterocycles. The smallest absolute Gasteiger partial charge is 0.242 e. The zero-order valence-electron chi connectivity index (χ0n) is 12.6. The minimum absolute atomic E-state index is 0.0728. The molecule has 1 aliphatic rings. The van der Waals surface area contributed by atoms with Crippen LogP contribution in [0.25, 0.3) is 0 Å². The predicted molar refractivity (Wildman–Crippen MR) is 86.7 cm³/mol. The molecule has 0 unspecified atom stereocenters. The van der Waals surface area contributed by atoms with Crippen LogP contribution in [0.1, 0.15) is 17.5 Å². The Morgan fingerprint density at radius 3 is 2.71 bits per heavy atom. The highest BCUT2D eigenvalue weighted by molar-refractivity contribution is 8.15. The predicted octanol–water partition coefficient (Wildman–Crippen LogP) is 2.19. The molecule has 2 rings (SSSR count). The SMILES string of the molecule is CN=C1S[C@@H](CC(=O)Nc2ccc(C)cc2C)C(=O)N1C. The van der Waals surface area contributed by atoms with E-state index in [0.29, 0.717) is 5.17 Å². The average molecular weight is 305 g/mol. The van der Waals surface area contributed by atoms with Crippen LogP contribution in [0.2, 0.25) is 0 Å². The average Bonchev–Trinajstić information content (AvgIpc) is 2.70. The fraction of sp³-hybridized carbons (Fsp3) is 0.400. The van der Waals surface area contributed by atoms with Gasteiger partial charge >= 0.3 is 0 Å². The number of amides is 2. The van der Waals surface area contributed by atoms with Crippen molar-refractivity contribution in [3.05, 3.63) is 29.3 Å². The molecule has 1 aliphatic heterocycles. The standard InChI is InChI=1S/C15H19N3O2S/c1-9-5-6-11(10(2)7-9)17-13(19)8-12-14(20)18(4)15(16-3)21-12/h5-7,12H,8H2,1-4H3,(H,17,19)/t12-/m0/s1. The van der Waals surface area contributed by atoms with Gasteiger partial charge in [-0.3, -0.25) is 19.5 Å². The summed E-state index contributed by atoms with van der Waals surface area (Å²) in [6.45, 7) is 3.96. The van der Waals surface area contributed by atoms with E-state index < -0.39 is 0 Å². The molecule has 1 N–H and O–H groups in total. The molecule has 0 bridgehead atoms. The Bertz CT molecular complexity index is 613. The van der Waals surface area contributed by atoms with Crippen molar-refractivity contribution in [3.63, 3.8) is 0 Å². The largest absolute Gasteiger partial charge is 0.326 e. The van der Waals surface area contributed by atoms with Gasteiger partial charge in [0.15, 0.2) is 5.17 Å². The Hall–Kier alpha value is -1.82. The van der Waals surface area contributed by atoms with Crippen LogP contribution in [0.4, 0.5) is 5.69 Å². The summed E-state index contributed by atoms with van der Waals surface area (Å²) in [6, 6.07) is 5.85. The first-order valence-electron chi connectivity index (χ1n) is 6.70. The summed E-state index contributed by atoms with van der Waals surface area (Å²) in [5.41, 5.74) is 2.96. The van der Waals surface area contributed by atoms with Gasteiger partial charge in [0.05, 0.1) is 0 Å². The highest BCUT2D eigenvalue weighted by atomic mass is 32.2. The third-order valence-electron chi connectivity index (χ3n) is 3.36. The summed E-state index contributed by atoms with van der Waals surface area (Å²) in [6.07, 6.45) is 0.153. The number of nitrogens with zero attached hydrogens (tertiary/aromatic N) is 2. The van der Waals surface area contributed by atoms with E-state index in [2.05, 4.69) is 10.3 Å². The molecule has 1 heterocycles. The van der Waals surface area contributed by atoms with Crippen LogP contribution in [-0.4, -0.2) is 41.2 Å². The Morgan fingerprint density at radius 1 is 1.43 bits per heavy atom. The molecule has 1 atom stereocenters. The lowest BCUT2D eigenvalue weighted by atomic mass is 10.1. The fourth-order valence-corrected chi connectivity index (χ4v) is 3.32. The number of carbonyl (C=O) groups excluding carboxylic acids is 2. The summed E-state index contributed by atoms with van der Waals surface area (Å²) in [4.78, 5) is 29.7. The third-order valence-corrected chi connectivity index (χ3v) is 4.68. The van der Waals surface area contributed by atoms with E-state index in [-0.39, 0.29) is 23.5 Å². The van der Waals surface area contributed by atoms with E-state index in [1.54, 1.807) is 14.1 Å². The van der Waals surface area contributed by atoms with E-state index in [1.165, 1.54) is 16.7 Å². The molecule has 0 saturated carbocycles. The molecule has 112 valence electrons. The number of thioether (sulfide) groups is 1. The van der Waals surface area contributed by atoms with E-state index >= 15 is 0 Å². The van der Waals surface area contributed by atoms with Crippen molar-refractivity contribution in [2.24, 2.45) is 4.99 Å². The van der Waals surface area contributed by atoms with Gasteiger partial charge in [0.1, 0.15) is 5.25 Å². The van der Waals surface area contributed by atoms with Crippen molar-refractivity contribution in [1.29, 1.82) is 0 Å².